The zero-order chi connectivity index (χ0) is 28.3. The average Bonchev–Trinajstić information content (AvgIpc) is 3.48. The Morgan fingerprint density at radius 1 is 0.581 bits per heavy atom. The number of aromatic nitrogens is 1. The van der Waals surface area contributed by atoms with Crippen molar-refractivity contribution in [2.75, 3.05) is 6.54 Å². The molecule has 0 aliphatic carbocycles. The fraction of sp³-hybridized carbons (Fsp3) is 0.0250. The van der Waals surface area contributed by atoms with Crippen LogP contribution in [-0.2, 0) is 0 Å². The van der Waals surface area contributed by atoms with Crippen molar-refractivity contribution in [1.82, 2.24) is 10.3 Å². The van der Waals surface area contributed by atoms with Crippen molar-refractivity contribution in [1.29, 1.82) is 0 Å². The number of fused-ring (bicyclic) bond motifs is 10. The third-order valence-corrected chi connectivity index (χ3v) is 9.92. The van der Waals surface area contributed by atoms with Crippen molar-refractivity contribution < 1.29 is 0 Å². The normalized spacial score (nSPS) is 13.3. The van der Waals surface area contributed by atoms with Crippen molar-refractivity contribution in [3.8, 4) is 22.4 Å². The Bertz CT molecular complexity index is 2450. The van der Waals surface area contributed by atoms with Gasteiger partial charge in [-0.25, -0.2) is 0 Å². The van der Waals surface area contributed by atoms with Gasteiger partial charge in [0.1, 0.15) is 0 Å². The lowest BCUT2D eigenvalue weighted by atomic mass is 9.88. The molecule has 3 heteroatoms. The Balaban J connectivity index is 1.47. The van der Waals surface area contributed by atoms with Crippen molar-refractivity contribution in [2.24, 2.45) is 0 Å². The van der Waals surface area contributed by atoms with E-state index in [2.05, 4.69) is 127 Å². The van der Waals surface area contributed by atoms with Crippen LogP contribution in [-0.4, -0.2) is 11.5 Å². The highest BCUT2D eigenvalue weighted by Gasteiger charge is 2.20. The quantitative estimate of drug-likeness (QED) is 0.215. The van der Waals surface area contributed by atoms with Crippen molar-refractivity contribution in [2.45, 2.75) is 0 Å². The van der Waals surface area contributed by atoms with Crippen LogP contribution >= 0.6 is 11.3 Å². The molecule has 6 aromatic carbocycles. The van der Waals surface area contributed by atoms with Gasteiger partial charge in [-0.15, -0.1) is 11.3 Å². The standard InChI is InChI=1S/C40H26N2S/c1-2-13-31-29(11-1)30-12-3-4-14-32(30)38-35(31)23-34(39-33-15-5-6-17-37(33)43-40(38)39)27-20-26(25-10-9-18-41-24-25)21-28(22-27)36-16-7-8-19-42-36/h1-23,41H,24H2. The minimum Gasteiger partial charge on any atom is -0.387 e. The van der Waals surface area contributed by atoms with Crippen LogP contribution in [0.2, 0.25) is 0 Å². The minimum absolute atomic E-state index is 0.798. The van der Waals surface area contributed by atoms with Gasteiger partial charge in [0.25, 0.3) is 0 Å². The lowest BCUT2D eigenvalue weighted by Gasteiger charge is -2.17. The molecule has 0 atom stereocenters. The van der Waals surface area contributed by atoms with Gasteiger partial charge in [0.05, 0.1) is 5.69 Å². The fourth-order valence-electron chi connectivity index (χ4n) is 6.80. The maximum atomic E-state index is 4.75. The number of rotatable bonds is 3. The lowest BCUT2D eigenvalue weighted by Crippen LogP contribution is -2.11. The maximum Gasteiger partial charge on any atom is 0.0702 e. The minimum atomic E-state index is 0.798. The summed E-state index contributed by atoms with van der Waals surface area (Å²) in [6.07, 6.45) is 8.19. The Kier molecular flexibility index (Phi) is 5.47. The molecule has 3 heterocycles. The van der Waals surface area contributed by atoms with E-state index in [1.165, 1.54) is 74.8 Å². The van der Waals surface area contributed by atoms with Crippen LogP contribution in [0.15, 0.2) is 140 Å². The summed E-state index contributed by atoms with van der Waals surface area (Å²) in [4.78, 5) is 4.75. The summed E-state index contributed by atoms with van der Waals surface area (Å²) in [5, 5.41) is 13.9. The number of benzene rings is 6. The summed E-state index contributed by atoms with van der Waals surface area (Å²) < 4.78 is 2.66. The van der Waals surface area contributed by atoms with Gasteiger partial charge in [-0.05, 0) is 104 Å². The zero-order valence-corrected chi connectivity index (χ0v) is 24.2. The van der Waals surface area contributed by atoms with Crippen LogP contribution < -0.4 is 5.32 Å². The monoisotopic (exact) mass is 566 g/mol. The van der Waals surface area contributed by atoms with Crippen LogP contribution in [0, 0.1) is 0 Å². The predicted octanol–water partition coefficient (Wildman–Crippen LogP) is 10.7. The van der Waals surface area contributed by atoms with E-state index in [4.69, 9.17) is 4.98 Å². The molecular formula is C40H26N2S. The Hall–Kier alpha value is -5.25. The molecule has 1 N–H and O–H groups in total. The largest absolute Gasteiger partial charge is 0.387 e. The number of dihydropyridines is 1. The van der Waals surface area contributed by atoms with Gasteiger partial charge in [0.15, 0.2) is 0 Å². The molecule has 43 heavy (non-hydrogen) atoms. The molecule has 0 fully saturated rings. The maximum absolute atomic E-state index is 4.75. The van der Waals surface area contributed by atoms with Gasteiger partial charge in [-0.2, -0.15) is 0 Å². The smallest absolute Gasteiger partial charge is 0.0702 e. The van der Waals surface area contributed by atoms with E-state index in [0.717, 1.165) is 17.8 Å². The first-order valence-electron chi connectivity index (χ1n) is 14.7. The lowest BCUT2D eigenvalue weighted by molar-refractivity contribution is 0.986. The summed E-state index contributed by atoms with van der Waals surface area (Å²) in [5.74, 6) is 0. The van der Waals surface area contributed by atoms with Gasteiger partial charge in [0, 0.05) is 43.9 Å². The van der Waals surface area contributed by atoms with E-state index in [1.807, 2.05) is 29.8 Å². The van der Waals surface area contributed by atoms with Gasteiger partial charge >= 0.3 is 0 Å². The molecule has 202 valence electrons. The zero-order valence-electron chi connectivity index (χ0n) is 23.3. The molecule has 1 aliphatic heterocycles. The second-order valence-corrected chi connectivity index (χ2v) is 12.2. The van der Waals surface area contributed by atoms with E-state index in [0.29, 0.717) is 0 Å². The number of nitrogens with zero attached hydrogens (tertiary/aromatic N) is 1. The first kappa shape index (κ1) is 24.4. The second kappa shape index (κ2) is 9.65. The van der Waals surface area contributed by atoms with Crippen LogP contribution in [0.1, 0.15) is 5.56 Å². The number of hydrogen-bond acceptors (Lipinski definition) is 3. The molecule has 2 nitrogen and oxygen atoms in total. The van der Waals surface area contributed by atoms with E-state index in [-0.39, 0.29) is 0 Å². The summed E-state index contributed by atoms with van der Waals surface area (Å²) in [5.41, 5.74) is 7.06. The molecule has 0 saturated heterocycles. The Labute approximate surface area is 253 Å². The fourth-order valence-corrected chi connectivity index (χ4v) is 8.10. The van der Waals surface area contributed by atoms with E-state index in [9.17, 15) is 0 Å². The summed E-state index contributed by atoms with van der Waals surface area (Å²) in [6, 6.07) is 42.2. The summed E-state index contributed by atoms with van der Waals surface area (Å²) >= 11 is 1.91. The predicted molar refractivity (Wildman–Crippen MR) is 186 cm³/mol. The molecule has 0 radical (unpaired) electrons. The highest BCUT2D eigenvalue weighted by molar-refractivity contribution is 7.27. The van der Waals surface area contributed by atoms with Gasteiger partial charge in [0.2, 0.25) is 0 Å². The van der Waals surface area contributed by atoms with Crippen LogP contribution in [0.25, 0.3) is 80.4 Å². The highest BCUT2D eigenvalue weighted by atomic mass is 32.1. The highest BCUT2D eigenvalue weighted by Crippen LogP contribution is 2.48. The number of nitrogens with one attached hydrogen (secondary N) is 1. The number of thiophene rings is 1. The molecule has 2 aromatic heterocycles. The molecule has 9 rings (SSSR count). The Morgan fingerprint density at radius 2 is 1.26 bits per heavy atom. The van der Waals surface area contributed by atoms with Crippen LogP contribution in [0.5, 0.6) is 0 Å². The van der Waals surface area contributed by atoms with Crippen molar-refractivity contribution in [3.63, 3.8) is 0 Å². The average molecular weight is 567 g/mol. The van der Waals surface area contributed by atoms with E-state index < -0.39 is 0 Å². The second-order valence-electron chi connectivity index (χ2n) is 11.2. The number of hydrogen-bond donors (Lipinski definition) is 1. The third-order valence-electron chi connectivity index (χ3n) is 8.73. The molecule has 1 aliphatic rings. The molecule has 0 bridgehead atoms. The van der Waals surface area contributed by atoms with Gasteiger partial charge < -0.3 is 5.32 Å². The van der Waals surface area contributed by atoms with Gasteiger partial charge in [-0.1, -0.05) is 78.9 Å². The molecule has 0 amide bonds. The molecule has 0 spiro atoms. The topological polar surface area (TPSA) is 24.9 Å². The Morgan fingerprint density at radius 3 is 2.02 bits per heavy atom. The van der Waals surface area contributed by atoms with Crippen molar-refractivity contribution in [3.05, 3.63) is 145 Å². The van der Waals surface area contributed by atoms with E-state index >= 15 is 0 Å². The van der Waals surface area contributed by atoms with Gasteiger partial charge in [-0.3, -0.25) is 4.98 Å². The third kappa shape index (κ3) is 3.82. The van der Waals surface area contributed by atoms with Crippen LogP contribution in [0.4, 0.5) is 0 Å². The first-order valence-corrected chi connectivity index (χ1v) is 15.5. The summed E-state index contributed by atoms with van der Waals surface area (Å²) in [7, 11) is 0. The number of pyridine rings is 1. The molecule has 0 saturated carbocycles. The molecular weight excluding hydrogens is 541 g/mol. The SMILES string of the molecule is C1=CNCC(c2cc(-c3ccccn3)cc(-c3cc4c5ccccc5c5ccccc5c4c4sc5ccccc5c34)c2)=C1. The van der Waals surface area contributed by atoms with Crippen LogP contribution in [0.3, 0.4) is 0 Å². The molecule has 0 unspecified atom stereocenters. The molecule has 8 aromatic rings. The van der Waals surface area contributed by atoms with Crippen molar-refractivity contribution >= 4 is 69.4 Å². The van der Waals surface area contributed by atoms with E-state index in [1.54, 1.807) is 0 Å². The number of allylic oxidation sites excluding steroid dienone is 2. The first-order chi connectivity index (χ1) is 21.3. The summed E-state index contributed by atoms with van der Waals surface area (Å²) in [6.45, 7) is 0.798.